The average molecular weight is 517 g/mol. The summed E-state index contributed by atoms with van der Waals surface area (Å²) in [7, 11) is 0. The Labute approximate surface area is 225 Å². The van der Waals surface area contributed by atoms with E-state index in [1.165, 1.54) is 4.90 Å². The summed E-state index contributed by atoms with van der Waals surface area (Å²) < 4.78 is 5.38. The van der Waals surface area contributed by atoms with Gasteiger partial charge in [-0.3, -0.25) is 9.59 Å². The van der Waals surface area contributed by atoms with Crippen LogP contribution in [0.2, 0.25) is 0 Å². The predicted molar refractivity (Wildman–Crippen MR) is 147 cm³/mol. The Hall–Kier alpha value is -4.30. The van der Waals surface area contributed by atoms with Crippen LogP contribution < -0.4 is 10.6 Å². The predicted octanol–water partition coefficient (Wildman–Crippen LogP) is 4.95. The lowest BCUT2D eigenvalue weighted by Gasteiger charge is -2.34. The van der Waals surface area contributed by atoms with Crippen LogP contribution in [-0.2, 0) is 14.3 Å². The van der Waals surface area contributed by atoms with Crippen LogP contribution in [0.15, 0.2) is 48.5 Å². The van der Waals surface area contributed by atoms with E-state index in [0.29, 0.717) is 23.2 Å². The summed E-state index contributed by atoms with van der Waals surface area (Å²) in [5.41, 5.74) is 1.73. The maximum atomic E-state index is 14.0. The second-order valence-electron chi connectivity index (χ2n) is 10.1. The summed E-state index contributed by atoms with van der Waals surface area (Å²) in [6.45, 7) is 10.3. The number of nitrogens with one attached hydrogen (secondary N) is 2. The van der Waals surface area contributed by atoms with Gasteiger partial charge in [0.25, 0.3) is 5.91 Å². The number of nitriles is 1. The molecule has 0 heterocycles. The number of nitrogens with zero attached hydrogens (tertiary/aromatic N) is 2. The summed E-state index contributed by atoms with van der Waals surface area (Å²) in [6, 6.07) is 13.7. The Balaban J connectivity index is 2.55. The van der Waals surface area contributed by atoms with E-state index in [-0.39, 0.29) is 12.5 Å². The quantitative estimate of drug-likeness (QED) is 0.362. The molecular weight excluding hydrogens is 480 g/mol. The van der Waals surface area contributed by atoms with Crippen molar-refractivity contribution >= 4 is 23.6 Å². The largest absolute Gasteiger partial charge is 0.444 e. The van der Waals surface area contributed by atoms with Crippen molar-refractivity contribution in [2.45, 2.75) is 65.6 Å². The van der Waals surface area contributed by atoms with E-state index in [2.05, 4.69) is 16.6 Å². The Morgan fingerprint density at radius 3 is 2.26 bits per heavy atom. The van der Waals surface area contributed by atoms with Crippen molar-refractivity contribution in [3.05, 3.63) is 65.2 Å². The summed E-state index contributed by atoms with van der Waals surface area (Å²) in [5, 5.41) is 15.2. The summed E-state index contributed by atoms with van der Waals surface area (Å²) >= 11 is 0. The Bertz CT molecular complexity index is 1220. The zero-order valence-electron chi connectivity index (χ0n) is 22.9. The van der Waals surface area contributed by atoms with Crippen molar-refractivity contribution in [3.63, 3.8) is 0 Å². The number of anilines is 1. The van der Waals surface area contributed by atoms with Crippen LogP contribution in [-0.4, -0.2) is 41.0 Å². The van der Waals surface area contributed by atoms with Gasteiger partial charge in [0.1, 0.15) is 24.2 Å². The van der Waals surface area contributed by atoms with Crippen LogP contribution in [0.5, 0.6) is 0 Å². The van der Waals surface area contributed by atoms with E-state index >= 15 is 0 Å². The molecule has 0 spiro atoms. The fourth-order valence-electron chi connectivity index (χ4n) is 3.82. The normalized spacial score (nSPS) is 13.2. The standard InChI is InChI=1S/C30H36N4O4/c1-8-20(3)25(33-29(37)38-30(5,6)7)28(36)34(19-18-31)26(23-16-14-22(9-2)15-17-23)27(35)32-24-13-11-10-12-21(24)4/h2,10-17,20,25-26H,8,19H2,1,3-7H3,(H,32,35)(H,33,37). The molecule has 3 amide bonds. The smallest absolute Gasteiger partial charge is 0.408 e. The first-order chi connectivity index (χ1) is 17.9. The molecule has 2 aromatic rings. The van der Waals surface area contributed by atoms with Gasteiger partial charge in [-0.25, -0.2) is 4.79 Å². The minimum Gasteiger partial charge on any atom is -0.444 e. The molecule has 0 saturated carbocycles. The molecule has 0 aliphatic rings. The third-order valence-corrected chi connectivity index (χ3v) is 6.03. The van der Waals surface area contributed by atoms with Crippen molar-refractivity contribution in [3.8, 4) is 18.4 Å². The maximum absolute atomic E-state index is 14.0. The fourth-order valence-corrected chi connectivity index (χ4v) is 3.82. The van der Waals surface area contributed by atoms with Crippen LogP contribution in [0.25, 0.3) is 0 Å². The Kier molecular flexibility index (Phi) is 10.5. The van der Waals surface area contributed by atoms with Gasteiger partial charge < -0.3 is 20.3 Å². The number of terminal acetylenes is 1. The third-order valence-electron chi connectivity index (χ3n) is 6.03. The number of amides is 3. The molecule has 0 radical (unpaired) electrons. The number of alkyl carbamates (subject to hydrolysis) is 1. The third kappa shape index (κ3) is 8.11. The Morgan fingerprint density at radius 1 is 1.11 bits per heavy atom. The maximum Gasteiger partial charge on any atom is 0.408 e. The molecule has 0 aliphatic heterocycles. The highest BCUT2D eigenvalue weighted by molar-refractivity contribution is 5.99. The molecule has 8 nitrogen and oxygen atoms in total. The molecule has 8 heteroatoms. The van der Waals surface area contributed by atoms with Gasteiger partial charge in [0.15, 0.2) is 0 Å². The molecule has 2 N–H and O–H groups in total. The zero-order chi connectivity index (χ0) is 28.5. The summed E-state index contributed by atoms with van der Waals surface area (Å²) in [6.07, 6.45) is 5.30. The lowest BCUT2D eigenvalue weighted by atomic mass is 9.95. The Morgan fingerprint density at radius 2 is 1.74 bits per heavy atom. The van der Waals surface area contributed by atoms with Crippen LogP contribution in [0.3, 0.4) is 0 Å². The van der Waals surface area contributed by atoms with E-state index in [9.17, 15) is 19.6 Å². The first-order valence-electron chi connectivity index (χ1n) is 12.5. The van der Waals surface area contributed by atoms with E-state index in [1.54, 1.807) is 57.2 Å². The second-order valence-corrected chi connectivity index (χ2v) is 10.1. The highest BCUT2D eigenvalue weighted by atomic mass is 16.6. The van der Waals surface area contributed by atoms with Gasteiger partial charge in [-0.2, -0.15) is 5.26 Å². The number of para-hydroxylation sites is 1. The molecule has 3 atom stereocenters. The summed E-state index contributed by atoms with van der Waals surface area (Å²) in [4.78, 5) is 41.6. The van der Waals surface area contributed by atoms with Gasteiger partial charge in [-0.15, -0.1) is 6.42 Å². The van der Waals surface area contributed by atoms with E-state index in [1.807, 2.05) is 39.0 Å². The van der Waals surface area contributed by atoms with Crippen molar-refractivity contribution in [2.75, 3.05) is 11.9 Å². The molecule has 2 rings (SSSR count). The minimum absolute atomic E-state index is 0.305. The lowest BCUT2D eigenvalue weighted by molar-refractivity contribution is -0.141. The highest BCUT2D eigenvalue weighted by Crippen LogP contribution is 2.27. The minimum atomic E-state index is -1.17. The second kappa shape index (κ2) is 13.3. The number of rotatable bonds is 9. The average Bonchev–Trinajstić information content (AvgIpc) is 2.87. The highest BCUT2D eigenvalue weighted by Gasteiger charge is 2.38. The molecule has 3 unspecified atom stereocenters. The van der Waals surface area contributed by atoms with Gasteiger partial charge in [0.05, 0.1) is 6.07 Å². The number of benzene rings is 2. The van der Waals surface area contributed by atoms with E-state index in [0.717, 1.165) is 5.56 Å². The van der Waals surface area contributed by atoms with Gasteiger partial charge in [0, 0.05) is 11.3 Å². The molecular formula is C30H36N4O4. The first-order valence-corrected chi connectivity index (χ1v) is 12.5. The van der Waals surface area contributed by atoms with Crippen LogP contribution in [0.1, 0.15) is 63.8 Å². The van der Waals surface area contributed by atoms with E-state index < -0.39 is 35.6 Å². The van der Waals surface area contributed by atoms with Gasteiger partial charge >= 0.3 is 6.09 Å². The molecule has 2 aromatic carbocycles. The van der Waals surface area contributed by atoms with E-state index in [4.69, 9.17) is 11.2 Å². The molecule has 200 valence electrons. The van der Waals surface area contributed by atoms with Crippen LogP contribution in [0, 0.1) is 36.5 Å². The first kappa shape index (κ1) is 29.9. The molecule has 0 fully saturated rings. The van der Waals surface area contributed by atoms with Crippen molar-refractivity contribution in [1.29, 1.82) is 5.26 Å². The van der Waals surface area contributed by atoms with Gasteiger partial charge in [-0.1, -0.05) is 56.5 Å². The van der Waals surface area contributed by atoms with Crippen molar-refractivity contribution < 1.29 is 19.1 Å². The molecule has 0 aromatic heterocycles. The number of aryl methyl sites for hydroxylation is 1. The number of ether oxygens (including phenoxy) is 1. The zero-order valence-corrected chi connectivity index (χ0v) is 22.9. The molecule has 38 heavy (non-hydrogen) atoms. The monoisotopic (exact) mass is 516 g/mol. The molecule has 0 saturated heterocycles. The molecule has 0 bridgehead atoms. The van der Waals surface area contributed by atoms with Crippen LogP contribution in [0.4, 0.5) is 10.5 Å². The fraction of sp³-hybridized carbons (Fsp3) is 0.400. The van der Waals surface area contributed by atoms with Gasteiger partial charge in [0.2, 0.25) is 5.91 Å². The SMILES string of the molecule is C#Cc1ccc(C(C(=O)Nc2ccccc2C)N(CC#N)C(=O)C(NC(=O)OC(C)(C)C)C(C)CC)cc1. The van der Waals surface area contributed by atoms with Crippen molar-refractivity contribution in [2.24, 2.45) is 5.92 Å². The van der Waals surface area contributed by atoms with Gasteiger partial charge in [-0.05, 0) is 62.9 Å². The topological polar surface area (TPSA) is 112 Å². The van der Waals surface area contributed by atoms with Crippen LogP contribution >= 0.6 is 0 Å². The van der Waals surface area contributed by atoms with Crippen molar-refractivity contribution in [1.82, 2.24) is 10.2 Å². The molecule has 0 aliphatic carbocycles. The lowest BCUT2D eigenvalue weighted by Crippen LogP contribution is -2.54. The number of carbonyl (C=O) groups excluding carboxylic acids is 3. The summed E-state index contributed by atoms with van der Waals surface area (Å²) in [5.74, 6) is 1.15. The number of hydrogen-bond donors (Lipinski definition) is 2. The number of carbonyl (C=O) groups is 3. The number of hydrogen-bond acceptors (Lipinski definition) is 5.